The van der Waals surface area contributed by atoms with Crippen LogP contribution in [-0.4, -0.2) is 95.8 Å². The molecule has 71 heavy (non-hydrogen) atoms. The molecule has 2 aliphatic heterocycles. The summed E-state index contributed by atoms with van der Waals surface area (Å²) in [7, 11) is 3.22. The van der Waals surface area contributed by atoms with Crippen molar-refractivity contribution in [3.8, 4) is 0 Å². The van der Waals surface area contributed by atoms with E-state index >= 15 is 0 Å². The van der Waals surface area contributed by atoms with Crippen molar-refractivity contribution < 1.29 is 47.4 Å². The zero-order valence-electron chi connectivity index (χ0n) is 40.1. The lowest BCUT2D eigenvalue weighted by molar-refractivity contribution is -0.320. The second kappa shape index (κ2) is 25.9. The van der Waals surface area contributed by atoms with Crippen molar-refractivity contribution in [2.45, 2.75) is 114 Å². The second-order valence-corrected chi connectivity index (χ2v) is 17.6. The molecule has 7 aromatic rings. The van der Waals surface area contributed by atoms with Gasteiger partial charge < -0.3 is 47.4 Å². The molecule has 1 aromatic heterocycles. The van der Waals surface area contributed by atoms with Crippen LogP contribution in [0.4, 0.5) is 0 Å². The molecule has 10 unspecified atom stereocenters. The number of tetrazole rings is 1. The number of methoxy groups -OCH3 is 2. The first-order valence-electron chi connectivity index (χ1n) is 24.2. The van der Waals surface area contributed by atoms with Crippen LogP contribution in [-0.2, 0) is 100.0 Å². The van der Waals surface area contributed by atoms with E-state index in [4.69, 9.17) is 47.4 Å². The fourth-order valence-electron chi connectivity index (χ4n) is 9.04. The third-order valence-electron chi connectivity index (χ3n) is 12.7. The predicted molar refractivity (Wildman–Crippen MR) is 263 cm³/mol. The van der Waals surface area contributed by atoms with Gasteiger partial charge in [-0.2, -0.15) is 0 Å². The molecular formula is C57H62N4O10. The minimum Gasteiger partial charge on any atom is -0.368 e. The summed E-state index contributed by atoms with van der Waals surface area (Å²) in [6.07, 6.45) is -6.78. The van der Waals surface area contributed by atoms with Crippen molar-refractivity contribution in [1.82, 2.24) is 20.2 Å². The summed E-state index contributed by atoms with van der Waals surface area (Å²) in [6, 6.07) is 60.1. The number of hydrogen-bond acceptors (Lipinski definition) is 13. The number of nitrogens with zero attached hydrogens (tertiary/aromatic N) is 4. The van der Waals surface area contributed by atoms with E-state index in [-0.39, 0.29) is 26.2 Å². The van der Waals surface area contributed by atoms with Crippen molar-refractivity contribution in [3.63, 3.8) is 0 Å². The molecule has 14 nitrogen and oxygen atoms in total. The van der Waals surface area contributed by atoms with Gasteiger partial charge in [-0.15, -0.1) is 5.10 Å². The van der Waals surface area contributed by atoms with Crippen LogP contribution in [0.2, 0.25) is 0 Å². The largest absolute Gasteiger partial charge is 0.368 e. The van der Waals surface area contributed by atoms with E-state index in [0.29, 0.717) is 32.3 Å². The zero-order valence-corrected chi connectivity index (χ0v) is 40.1. The molecule has 2 aliphatic rings. The van der Waals surface area contributed by atoms with Crippen molar-refractivity contribution in [1.29, 1.82) is 0 Å². The average Bonchev–Trinajstić information content (AvgIpc) is 3.87. The summed E-state index contributed by atoms with van der Waals surface area (Å²) in [4.78, 5) is 0. The topological polar surface area (TPSA) is 136 Å². The number of hydrogen-bond donors (Lipinski definition) is 0. The molecule has 3 heterocycles. The normalized spacial score (nSPS) is 24.4. The van der Waals surface area contributed by atoms with Crippen LogP contribution >= 0.6 is 0 Å². The molecule has 2 fully saturated rings. The smallest absolute Gasteiger partial charge is 0.186 e. The standard InChI is InChI=1S/C57H62N4O10/c1-62-56-54(68-39-45-29-17-7-18-30-45)52(66-37-43-25-13-5-14-26-43)50(64-35-41-21-9-3-10-22-41)47(70-56)33-49-58-59-60-61(49)34-48-51(65-36-42-23-11-4-12-24-42)53(67-38-44-27-15-6-16-28-44)55(57(63-2)71-48)69-40-46-31-19-8-20-32-46/h3-32,47-48,50-57H,33-40H2,1-2H3. The summed E-state index contributed by atoms with van der Waals surface area (Å²) >= 11 is 0. The summed E-state index contributed by atoms with van der Waals surface area (Å²) in [5.41, 5.74) is 5.99. The van der Waals surface area contributed by atoms with Gasteiger partial charge in [0.1, 0.15) is 42.7 Å². The van der Waals surface area contributed by atoms with Crippen LogP contribution in [0.25, 0.3) is 0 Å². The monoisotopic (exact) mass is 962 g/mol. The fourth-order valence-corrected chi connectivity index (χ4v) is 9.04. The maximum Gasteiger partial charge on any atom is 0.186 e. The molecule has 14 heteroatoms. The first-order chi connectivity index (χ1) is 35.1. The molecule has 0 bridgehead atoms. The maximum atomic E-state index is 6.91. The van der Waals surface area contributed by atoms with Crippen LogP contribution in [0.15, 0.2) is 182 Å². The molecule has 2 saturated heterocycles. The fraction of sp³-hybridized carbons (Fsp3) is 0.351. The lowest BCUT2D eigenvalue weighted by atomic mass is 9.95. The Hall–Kier alpha value is -6.01. The molecule has 0 amide bonds. The molecule has 6 aromatic carbocycles. The second-order valence-electron chi connectivity index (χ2n) is 17.6. The lowest BCUT2D eigenvalue weighted by Gasteiger charge is -2.46. The van der Waals surface area contributed by atoms with Gasteiger partial charge in [-0.05, 0) is 43.8 Å². The van der Waals surface area contributed by atoms with E-state index < -0.39 is 61.4 Å². The number of benzene rings is 6. The molecule has 370 valence electrons. The number of aromatic nitrogens is 4. The lowest BCUT2D eigenvalue weighted by Crippen LogP contribution is -2.62. The highest BCUT2D eigenvalue weighted by molar-refractivity contribution is 5.18. The van der Waals surface area contributed by atoms with Crippen LogP contribution < -0.4 is 0 Å². The molecular weight excluding hydrogens is 901 g/mol. The van der Waals surface area contributed by atoms with Gasteiger partial charge in [0.2, 0.25) is 0 Å². The van der Waals surface area contributed by atoms with Gasteiger partial charge in [0, 0.05) is 20.6 Å². The molecule has 10 atom stereocenters. The molecule has 0 spiro atoms. The summed E-state index contributed by atoms with van der Waals surface area (Å²) in [5.74, 6) is 0.521. The molecule has 0 radical (unpaired) electrons. The quantitative estimate of drug-likeness (QED) is 0.0574. The Balaban J connectivity index is 1.02. The van der Waals surface area contributed by atoms with Crippen molar-refractivity contribution in [2.75, 3.05) is 14.2 Å². The third-order valence-corrected chi connectivity index (χ3v) is 12.7. The highest BCUT2D eigenvalue weighted by Gasteiger charge is 2.51. The Morgan fingerprint density at radius 3 is 1.01 bits per heavy atom. The average molecular weight is 963 g/mol. The van der Waals surface area contributed by atoms with E-state index in [1.165, 1.54) is 0 Å². The van der Waals surface area contributed by atoms with Gasteiger partial charge in [0.05, 0.1) is 52.3 Å². The Morgan fingerprint density at radius 1 is 0.380 bits per heavy atom. The van der Waals surface area contributed by atoms with Gasteiger partial charge in [-0.3, -0.25) is 0 Å². The molecule has 0 saturated carbocycles. The van der Waals surface area contributed by atoms with Crippen LogP contribution in [0.5, 0.6) is 0 Å². The van der Waals surface area contributed by atoms with Crippen molar-refractivity contribution in [2.24, 2.45) is 0 Å². The molecule has 0 aliphatic carbocycles. The third kappa shape index (κ3) is 13.7. The van der Waals surface area contributed by atoms with E-state index in [0.717, 1.165) is 33.4 Å². The Bertz CT molecular complexity index is 2390. The van der Waals surface area contributed by atoms with Gasteiger partial charge >= 0.3 is 0 Å². The maximum absolute atomic E-state index is 6.91. The van der Waals surface area contributed by atoms with Gasteiger partial charge in [0.15, 0.2) is 18.4 Å². The summed E-state index contributed by atoms with van der Waals surface area (Å²) in [6.45, 7) is 1.96. The zero-order chi connectivity index (χ0) is 48.5. The van der Waals surface area contributed by atoms with Gasteiger partial charge in [-0.25, -0.2) is 4.68 Å². The minimum atomic E-state index is -0.837. The number of ether oxygens (including phenoxy) is 10. The Morgan fingerprint density at radius 2 is 0.676 bits per heavy atom. The van der Waals surface area contributed by atoms with Gasteiger partial charge in [-0.1, -0.05) is 182 Å². The van der Waals surface area contributed by atoms with Crippen LogP contribution in [0, 0.1) is 0 Å². The van der Waals surface area contributed by atoms with Crippen LogP contribution in [0.3, 0.4) is 0 Å². The van der Waals surface area contributed by atoms with Crippen molar-refractivity contribution >= 4 is 0 Å². The van der Waals surface area contributed by atoms with E-state index in [9.17, 15) is 0 Å². The summed E-state index contributed by atoms with van der Waals surface area (Å²) in [5, 5.41) is 13.4. The van der Waals surface area contributed by atoms with E-state index in [2.05, 4.69) is 15.5 Å². The molecule has 9 rings (SSSR count). The highest BCUT2D eigenvalue weighted by atomic mass is 16.7. The van der Waals surface area contributed by atoms with Crippen molar-refractivity contribution in [3.05, 3.63) is 221 Å². The SMILES string of the molecule is COC1OC(Cc2nnnn2CC2OC(OC)C(OCc3ccccc3)C(OCc3ccccc3)C2OCc2ccccc2)C(OCc2ccccc2)C(OCc2ccccc2)C1OCc1ccccc1. The minimum absolute atomic E-state index is 0.172. The Labute approximate surface area is 415 Å². The molecule has 0 N–H and O–H groups in total. The predicted octanol–water partition coefficient (Wildman–Crippen LogP) is 8.47. The highest BCUT2D eigenvalue weighted by Crippen LogP contribution is 2.34. The van der Waals surface area contributed by atoms with Gasteiger partial charge in [0.25, 0.3) is 0 Å². The first kappa shape index (κ1) is 50.0. The van der Waals surface area contributed by atoms with Crippen LogP contribution in [0.1, 0.15) is 39.2 Å². The first-order valence-corrected chi connectivity index (χ1v) is 24.2. The van der Waals surface area contributed by atoms with E-state index in [1.807, 2.05) is 182 Å². The summed E-state index contributed by atoms with van der Waals surface area (Å²) < 4.78 is 68.6. The van der Waals surface area contributed by atoms with E-state index in [1.54, 1.807) is 18.9 Å². The number of rotatable bonds is 24. The Kier molecular flexibility index (Phi) is 18.2.